The Labute approximate surface area is 92.1 Å². The Balaban J connectivity index is 2.33. The van der Waals surface area contributed by atoms with Gasteiger partial charge in [0.05, 0.1) is 12.6 Å². The fourth-order valence-corrected chi connectivity index (χ4v) is 1.71. The van der Waals surface area contributed by atoms with Gasteiger partial charge in [-0.2, -0.15) is 5.26 Å². The molecule has 0 N–H and O–H groups in total. The van der Waals surface area contributed by atoms with Gasteiger partial charge >= 0.3 is 0 Å². The Kier molecular flexibility index (Phi) is 4.77. The summed E-state index contributed by atoms with van der Waals surface area (Å²) in [4.78, 5) is 13.8. The number of nitriles is 1. The van der Waals surface area contributed by atoms with Crippen LogP contribution in [0.1, 0.15) is 33.1 Å². The normalized spacial score (nSPS) is 15.7. The number of hydrogen-bond acceptors (Lipinski definition) is 3. The highest BCUT2D eigenvalue weighted by Gasteiger charge is 2.30. The minimum absolute atomic E-state index is 0.335. The van der Waals surface area contributed by atoms with Crippen molar-refractivity contribution in [2.75, 3.05) is 19.6 Å². The van der Waals surface area contributed by atoms with E-state index in [2.05, 4.69) is 24.8 Å². The minimum Gasteiger partial charge on any atom is -0.298 e. The SMILES string of the molecule is CC(C)CN(CCC#N)CC(=O)C1CC1. The highest BCUT2D eigenvalue weighted by atomic mass is 16.1. The molecule has 0 atom stereocenters. The lowest BCUT2D eigenvalue weighted by Gasteiger charge is -2.22. The van der Waals surface area contributed by atoms with Crippen molar-refractivity contribution in [3.05, 3.63) is 0 Å². The second-order valence-electron chi connectivity index (χ2n) is 4.78. The molecular weight excluding hydrogens is 188 g/mol. The van der Waals surface area contributed by atoms with Crippen molar-refractivity contribution in [3.8, 4) is 6.07 Å². The third kappa shape index (κ3) is 4.94. The molecule has 0 saturated heterocycles. The van der Waals surface area contributed by atoms with Crippen LogP contribution in [-0.4, -0.2) is 30.3 Å². The number of carbonyl (C=O) groups excluding carboxylic acids is 1. The Hall–Kier alpha value is -0.880. The fourth-order valence-electron chi connectivity index (χ4n) is 1.71. The molecule has 1 rings (SSSR count). The van der Waals surface area contributed by atoms with Gasteiger partial charge in [0, 0.05) is 25.4 Å². The molecule has 0 aromatic rings. The highest BCUT2D eigenvalue weighted by Crippen LogP contribution is 2.30. The molecule has 3 heteroatoms. The van der Waals surface area contributed by atoms with E-state index < -0.39 is 0 Å². The number of rotatable bonds is 7. The topological polar surface area (TPSA) is 44.1 Å². The molecule has 0 bridgehead atoms. The lowest BCUT2D eigenvalue weighted by Crippen LogP contribution is -2.34. The molecule has 0 amide bonds. The third-order valence-corrected chi connectivity index (χ3v) is 2.58. The second kappa shape index (κ2) is 5.87. The van der Waals surface area contributed by atoms with E-state index in [0.29, 0.717) is 30.6 Å². The number of hydrogen-bond donors (Lipinski definition) is 0. The monoisotopic (exact) mass is 208 g/mol. The quantitative estimate of drug-likeness (QED) is 0.641. The van der Waals surface area contributed by atoms with Crippen molar-refractivity contribution >= 4 is 5.78 Å². The molecule has 0 aliphatic heterocycles. The van der Waals surface area contributed by atoms with Crippen LogP contribution in [0, 0.1) is 23.2 Å². The zero-order valence-corrected chi connectivity index (χ0v) is 9.70. The predicted molar refractivity (Wildman–Crippen MR) is 59.2 cm³/mol. The van der Waals surface area contributed by atoms with E-state index in [-0.39, 0.29) is 0 Å². The summed E-state index contributed by atoms with van der Waals surface area (Å²) in [6.07, 6.45) is 2.67. The zero-order chi connectivity index (χ0) is 11.3. The van der Waals surface area contributed by atoms with Gasteiger partial charge < -0.3 is 0 Å². The maximum Gasteiger partial charge on any atom is 0.149 e. The van der Waals surface area contributed by atoms with Crippen LogP contribution in [0.2, 0.25) is 0 Å². The summed E-state index contributed by atoms with van der Waals surface area (Å²) in [5, 5.41) is 8.54. The van der Waals surface area contributed by atoms with Crippen LogP contribution in [-0.2, 0) is 4.79 Å². The molecular formula is C12H20N2O. The lowest BCUT2D eigenvalue weighted by molar-refractivity contribution is -0.121. The summed E-state index contributed by atoms with van der Waals surface area (Å²) < 4.78 is 0. The van der Waals surface area contributed by atoms with Gasteiger partial charge in [-0.25, -0.2) is 0 Å². The average Bonchev–Trinajstić information content (AvgIpc) is 2.96. The first-order valence-electron chi connectivity index (χ1n) is 5.75. The maximum absolute atomic E-state index is 11.6. The maximum atomic E-state index is 11.6. The molecule has 0 radical (unpaired) electrons. The number of Topliss-reactive ketones (excluding diaryl/α,β-unsaturated/α-hetero) is 1. The molecule has 0 spiro atoms. The van der Waals surface area contributed by atoms with Crippen LogP contribution in [0.5, 0.6) is 0 Å². The summed E-state index contributed by atoms with van der Waals surface area (Å²) in [7, 11) is 0. The van der Waals surface area contributed by atoms with Crippen LogP contribution in [0.15, 0.2) is 0 Å². The van der Waals surface area contributed by atoms with Gasteiger partial charge in [-0.15, -0.1) is 0 Å². The summed E-state index contributed by atoms with van der Waals surface area (Å²) >= 11 is 0. The van der Waals surface area contributed by atoms with Crippen molar-refractivity contribution in [2.24, 2.45) is 11.8 Å². The Morgan fingerprint density at radius 2 is 2.20 bits per heavy atom. The summed E-state index contributed by atoms with van der Waals surface area (Å²) in [5.41, 5.74) is 0. The van der Waals surface area contributed by atoms with Crippen molar-refractivity contribution in [3.63, 3.8) is 0 Å². The fraction of sp³-hybridized carbons (Fsp3) is 0.833. The number of nitrogens with zero attached hydrogens (tertiary/aromatic N) is 2. The first-order valence-corrected chi connectivity index (χ1v) is 5.75. The van der Waals surface area contributed by atoms with Crippen LogP contribution < -0.4 is 0 Å². The van der Waals surface area contributed by atoms with Crippen LogP contribution in [0.25, 0.3) is 0 Å². The van der Waals surface area contributed by atoms with E-state index in [0.717, 1.165) is 25.9 Å². The van der Waals surface area contributed by atoms with Gasteiger partial charge in [-0.1, -0.05) is 13.8 Å². The van der Waals surface area contributed by atoms with Crippen LogP contribution >= 0.6 is 0 Å². The van der Waals surface area contributed by atoms with E-state index in [4.69, 9.17) is 5.26 Å². The van der Waals surface area contributed by atoms with Crippen LogP contribution in [0.3, 0.4) is 0 Å². The standard InChI is InChI=1S/C12H20N2O/c1-10(2)8-14(7-3-6-13)9-12(15)11-4-5-11/h10-11H,3-5,7-9H2,1-2H3. The zero-order valence-electron chi connectivity index (χ0n) is 9.70. The lowest BCUT2D eigenvalue weighted by atomic mass is 10.1. The molecule has 1 saturated carbocycles. The Bertz CT molecular complexity index is 251. The van der Waals surface area contributed by atoms with Crippen molar-refractivity contribution in [2.45, 2.75) is 33.1 Å². The first-order chi connectivity index (χ1) is 7.13. The van der Waals surface area contributed by atoms with Gasteiger partial charge in [0.25, 0.3) is 0 Å². The van der Waals surface area contributed by atoms with Crippen molar-refractivity contribution in [1.29, 1.82) is 5.26 Å². The smallest absolute Gasteiger partial charge is 0.149 e. The van der Waals surface area contributed by atoms with Gasteiger partial charge in [-0.3, -0.25) is 9.69 Å². The summed E-state index contributed by atoms with van der Waals surface area (Å²) in [6.45, 7) is 6.47. The predicted octanol–water partition coefficient (Wildman–Crippen LogP) is 1.84. The van der Waals surface area contributed by atoms with E-state index in [1.54, 1.807) is 0 Å². The molecule has 1 aliphatic carbocycles. The molecule has 0 unspecified atom stereocenters. The van der Waals surface area contributed by atoms with Gasteiger partial charge in [0.15, 0.2) is 0 Å². The molecule has 0 aromatic carbocycles. The number of carbonyl (C=O) groups is 1. The van der Waals surface area contributed by atoms with Crippen molar-refractivity contribution in [1.82, 2.24) is 4.90 Å². The summed E-state index contributed by atoms with van der Waals surface area (Å²) in [5.74, 6) is 1.26. The Morgan fingerprint density at radius 3 is 2.67 bits per heavy atom. The largest absolute Gasteiger partial charge is 0.298 e. The molecule has 15 heavy (non-hydrogen) atoms. The van der Waals surface area contributed by atoms with E-state index >= 15 is 0 Å². The molecule has 0 heterocycles. The molecule has 3 nitrogen and oxygen atoms in total. The van der Waals surface area contributed by atoms with E-state index in [1.165, 1.54) is 0 Å². The third-order valence-electron chi connectivity index (χ3n) is 2.58. The Morgan fingerprint density at radius 1 is 1.53 bits per heavy atom. The average molecular weight is 208 g/mol. The van der Waals surface area contributed by atoms with Gasteiger partial charge in [-0.05, 0) is 18.8 Å². The molecule has 1 aliphatic rings. The minimum atomic E-state index is 0.335. The van der Waals surface area contributed by atoms with Gasteiger partial charge in [0.2, 0.25) is 0 Å². The summed E-state index contributed by atoms with van der Waals surface area (Å²) in [6, 6.07) is 2.14. The molecule has 0 aromatic heterocycles. The van der Waals surface area contributed by atoms with Crippen molar-refractivity contribution < 1.29 is 4.79 Å². The van der Waals surface area contributed by atoms with Crippen LogP contribution in [0.4, 0.5) is 0 Å². The number of ketones is 1. The van der Waals surface area contributed by atoms with E-state index in [9.17, 15) is 4.79 Å². The first kappa shape index (κ1) is 12.2. The molecule has 84 valence electrons. The van der Waals surface area contributed by atoms with Gasteiger partial charge in [0.1, 0.15) is 5.78 Å². The second-order valence-corrected chi connectivity index (χ2v) is 4.78. The highest BCUT2D eigenvalue weighted by molar-refractivity contribution is 5.84. The van der Waals surface area contributed by atoms with E-state index in [1.807, 2.05) is 0 Å². The molecule has 1 fully saturated rings.